The maximum Gasteiger partial charge on any atom is 0.341 e. The highest BCUT2D eigenvalue weighted by Crippen LogP contribution is 2.34. The average Bonchev–Trinajstić information content (AvgIpc) is 3.33. The summed E-state index contributed by atoms with van der Waals surface area (Å²) >= 11 is 11.9. The highest BCUT2D eigenvalue weighted by atomic mass is 35.5. The minimum absolute atomic E-state index is 0.0297. The molecule has 1 unspecified atom stereocenters. The molecule has 11 heteroatoms. The van der Waals surface area contributed by atoms with Crippen LogP contribution in [0.1, 0.15) is 27.8 Å². The van der Waals surface area contributed by atoms with E-state index in [-0.39, 0.29) is 28.5 Å². The minimum atomic E-state index is -1.20. The van der Waals surface area contributed by atoms with Crippen LogP contribution in [0.15, 0.2) is 53.1 Å². The summed E-state index contributed by atoms with van der Waals surface area (Å²) in [4.78, 5) is 38.0. The number of halogens is 2. The third kappa shape index (κ3) is 6.00. The van der Waals surface area contributed by atoms with Crippen molar-refractivity contribution < 1.29 is 33.0 Å². The van der Waals surface area contributed by atoms with Crippen LogP contribution in [0.3, 0.4) is 0 Å². The number of nitrogens with one attached hydrogen (secondary N) is 2. The number of hydrogen-bond acceptors (Lipinski definition) is 7. The van der Waals surface area contributed by atoms with E-state index in [1.165, 1.54) is 63.8 Å². The molecule has 178 valence electrons. The third-order valence-corrected chi connectivity index (χ3v) is 4.96. The van der Waals surface area contributed by atoms with Gasteiger partial charge in [-0.15, -0.1) is 0 Å². The van der Waals surface area contributed by atoms with E-state index in [9.17, 15) is 14.4 Å². The molecule has 1 atom stereocenters. The summed E-state index contributed by atoms with van der Waals surface area (Å²) in [6.45, 7) is 1.39. The molecule has 0 aliphatic carbocycles. The van der Waals surface area contributed by atoms with Gasteiger partial charge in [0.2, 0.25) is 0 Å². The Kier molecular flexibility index (Phi) is 8.04. The van der Waals surface area contributed by atoms with Gasteiger partial charge in [-0.2, -0.15) is 0 Å². The summed E-state index contributed by atoms with van der Waals surface area (Å²) in [5.41, 5.74) is 0.337. The highest BCUT2D eigenvalue weighted by molar-refractivity contribution is 6.35. The molecule has 0 radical (unpaired) electrons. The molecule has 34 heavy (non-hydrogen) atoms. The monoisotopic (exact) mass is 506 g/mol. The first-order chi connectivity index (χ1) is 16.2. The molecular weight excluding hydrogens is 487 g/mol. The molecule has 0 aliphatic heterocycles. The molecule has 0 saturated carbocycles. The number of rotatable bonds is 8. The molecule has 0 fully saturated rings. The summed E-state index contributed by atoms with van der Waals surface area (Å²) in [6, 6.07) is 10.2. The number of carbonyl (C=O) groups excluding carboxylic acids is 3. The van der Waals surface area contributed by atoms with Gasteiger partial charge >= 0.3 is 5.97 Å². The Balaban J connectivity index is 1.82. The molecule has 9 nitrogen and oxygen atoms in total. The van der Waals surface area contributed by atoms with Crippen LogP contribution in [0.4, 0.5) is 11.4 Å². The van der Waals surface area contributed by atoms with Gasteiger partial charge < -0.3 is 29.3 Å². The van der Waals surface area contributed by atoms with E-state index in [4.69, 9.17) is 41.8 Å². The number of furan rings is 1. The first kappa shape index (κ1) is 24.9. The van der Waals surface area contributed by atoms with Crippen molar-refractivity contribution in [3.05, 3.63) is 70.1 Å². The van der Waals surface area contributed by atoms with Crippen LogP contribution in [0.5, 0.6) is 11.5 Å². The number of ether oxygens (including phenoxy) is 3. The number of esters is 1. The van der Waals surface area contributed by atoms with Crippen molar-refractivity contribution in [1.82, 2.24) is 0 Å². The number of hydrogen-bond donors (Lipinski definition) is 2. The van der Waals surface area contributed by atoms with E-state index in [1.807, 2.05) is 0 Å². The van der Waals surface area contributed by atoms with Gasteiger partial charge in [-0.3, -0.25) is 9.59 Å². The number of methoxy groups -OCH3 is 2. The van der Waals surface area contributed by atoms with Gasteiger partial charge in [0, 0.05) is 27.9 Å². The fraction of sp³-hybridized carbons (Fsp3) is 0.174. The number of anilines is 2. The first-order valence-electron chi connectivity index (χ1n) is 9.80. The van der Waals surface area contributed by atoms with E-state index in [1.54, 1.807) is 6.07 Å². The van der Waals surface area contributed by atoms with Gasteiger partial charge in [0.1, 0.15) is 0 Å². The summed E-state index contributed by atoms with van der Waals surface area (Å²) in [5.74, 6) is -1.60. The molecule has 2 aromatic carbocycles. The van der Waals surface area contributed by atoms with Gasteiger partial charge in [0.05, 0.1) is 31.7 Å². The van der Waals surface area contributed by atoms with Crippen LogP contribution in [0.2, 0.25) is 10.0 Å². The normalized spacial score (nSPS) is 11.3. The minimum Gasteiger partial charge on any atom is -0.493 e. The molecule has 2 amide bonds. The molecule has 0 aliphatic rings. The zero-order valence-electron chi connectivity index (χ0n) is 18.3. The van der Waals surface area contributed by atoms with E-state index in [0.717, 1.165) is 0 Å². The van der Waals surface area contributed by atoms with Gasteiger partial charge in [0.15, 0.2) is 23.4 Å². The fourth-order valence-electron chi connectivity index (χ4n) is 2.89. The van der Waals surface area contributed by atoms with Crippen molar-refractivity contribution in [2.24, 2.45) is 0 Å². The summed E-state index contributed by atoms with van der Waals surface area (Å²) < 4.78 is 20.9. The van der Waals surface area contributed by atoms with Crippen molar-refractivity contribution in [3.63, 3.8) is 0 Å². The van der Waals surface area contributed by atoms with E-state index in [2.05, 4.69) is 10.6 Å². The van der Waals surface area contributed by atoms with Crippen molar-refractivity contribution >= 4 is 52.4 Å². The van der Waals surface area contributed by atoms with Crippen LogP contribution in [-0.4, -0.2) is 38.1 Å². The molecule has 1 heterocycles. The molecule has 2 N–H and O–H groups in total. The Bertz CT molecular complexity index is 1190. The molecule has 3 aromatic rings. The van der Waals surface area contributed by atoms with E-state index < -0.39 is 23.9 Å². The maximum absolute atomic E-state index is 13.0. The predicted molar refractivity (Wildman–Crippen MR) is 126 cm³/mol. The van der Waals surface area contributed by atoms with Crippen molar-refractivity contribution in [2.45, 2.75) is 13.0 Å². The first-order valence-corrected chi connectivity index (χ1v) is 10.6. The highest BCUT2D eigenvalue weighted by Gasteiger charge is 2.25. The molecular formula is C23H20Cl2N2O7. The molecule has 0 spiro atoms. The molecule has 0 saturated heterocycles. The fourth-order valence-corrected chi connectivity index (χ4v) is 3.42. The van der Waals surface area contributed by atoms with Gasteiger partial charge in [-0.1, -0.05) is 23.2 Å². The Labute approximate surface area is 204 Å². The van der Waals surface area contributed by atoms with E-state index >= 15 is 0 Å². The summed E-state index contributed by atoms with van der Waals surface area (Å²) in [7, 11) is 2.79. The lowest BCUT2D eigenvalue weighted by molar-refractivity contribution is -0.123. The molecule has 0 bridgehead atoms. The smallest absolute Gasteiger partial charge is 0.341 e. The second-order valence-electron chi connectivity index (χ2n) is 6.88. The third-order valence-electron chi connectivity index (χ3n) is 4.52. The predicted octanol–water partition coefficient (Wildman–Crippen LogP) is 5.04. The SMILES string of the molecule is COc1cc(NC(=O)c2ccco2)c(C(=O)OC(C)C(=O)Nc2cc(Cl)cc(Cl)c2)cc1OC. The lowest BCUT2D eigenvalue weighted by atomic mass is 10.1. The Hall–Kier alpha value is -3.69. The number of benzene rings is 2. The largest absolute Gasteiger partial charge is 0.493 e. The van der Waals surface area contributed by atoms with Crippen molar-refractivity contribution in [1.29, 1.82) is 0 Å². The quantitative estimate of drug-likeness (QED) is 0.411. The van der Waals surface area contributed by atoms with Crippen LogP contribution in [0, 0.1) is 0 Å². The zero-order chi connectivity index (χ0) is 24.8. The van der Waals surface area contributed by atoms with Crippen LogP contribution >= 0.6 is 23.2 Å². The van der Waals surface area contributed by atoms with E-state index in [0.29, 0.717) is 15.7 Å². The van der Waals surface area contributed by atoms with Gasteiger partial charge in [0.25, 0.3) is 11.8 Å². The summed E-state index contributed by atoms with van der Waals surface area (Å²) in [6.07, 6.45) is 0.137. The number of carbonyl (C=O) groups is 3. The Morgan fingerprint density at radius 3 is 2.18 bits per heavy atom. The maximum atomic E-state index is 13.0. The zero-order valence-corrected chi connectivity index (χ0v) is 19.8. The second-order valence-corrected chi connectivity index (χ2v) is 7.75. The summed E-state index contributed by atoms with van der Waals surface area (Å²) in [5, 5.41) is 5.81. The molecule has 3 rings (SSSR count). The lowest BCUT2D eigenvalue weighted by Crippen LogP contribution is -2.30. The standard InChI is InChI=1S/C23H20Cl2N2O7/c1-12(21(28)26-15-8-13(24)7-14(25)9-15)34-23(30)16-10-19(31-2)20(32-3)11-17(16)27-22(29)18-5-4-6-33-18/h4-12H,1-3H3,(H,26,28)(H,27,29). The van der Waals surface area contributed by atoms with Crippen molar-refractivity contribution in [3.8, 4) is 11.5 Å². The Morgan fingerprint density at radius 1 is 0.941 bits per heavy atom. The van der Waals surface area contributed by atoms with Crippen LogP contribution in [0.25, 0.3) is 0 Å². The lowest BCUT2D eigenvalue weighted by Gasteiger charge is -2.17. The average molecular weight is 507 g/mol. The van der Waals surface area contributed by atoms with Crippen LogP contribution in [-0.2, 0) is 9.53 Å². The van der Waals surface area contributed by atoms with Crippen LogP contribution < -0.4 is 20.1 Å². The van der Waals surface area contributed by atoms with Gasteiger partial charge in [-0.05, 0) is 37.3 Å². The van der Waals surface area contributed by atoms with Crippen molar-refractivity contribution in [2.75, 3.05) is 24.9 Å². The Morgan fingerprint density at radius 2 is 1.59 bits per heavy atom. The topological polar surface area (TPSA) is 116 Å². The number of amides is 2. The molecule has 1 aromatic heterocycles. The van der Waals surface area contributed by atoms with Gasteiger partial charge in [-0.25, -0.2) is 4.79 Å². The second kappa shape index (κ2) is 11.0.